The molecule has 0 unspecified atom stereocenters. The normalized spacial score (nSPS) is 9.78. The lowest BCUT2D eigenvalue weighted by atomic mass is 10.1. The Bertz CT molecular complexity index is 655. The largest absolute Gasteiger partial charge is 0.387 e. The van der Waals surface area contributed by atoms with Gasteiger partial charge in [-0.1, -0.05) is 12.1 Å². The first-order valence-electron chi connectivity index (χ1n) is 5.47. The molecule has 1 heterocycles. The molecule has 1 aromatic carbocycles. The highest BCUT2D eigenvalue weighted by Gasteiger charge is 2.01. The summed E-state index contributed by atoms with van der Waals surface area (Å²) < 4.78 is 1.36. The molecule has 5 heteroatoms. The summed E-state index contributed by atoms with van der Waals surface area (Å²) >= 11 is 0. The summed E-state index contributed by atoms with van der Waals surface area (Å²) in [5.41, 5.74) is 1.96. The Morgan fingerprint density at radius 2 is 2.28 bits per heavy atom. The van der Waals surface area contributed by atoms with E-state index in [0.29, 0.717) is 17.8 Å². The molecule has 0 aliphatic carbocycles. The standard InChI is InChI=1S/C13H12N4O/c1-15-12-6-13(18)17(16-8-12)9-11-4-2-3-10(5-11)7-14/h2-6,8,15H,9H2,1H3. The van der Waals surface area contributed by atoms with Crippen LogP contribution < -0.4 is 10.9 Å². The molecule has 0 bridgehead atoms. The number of anilines is 1. The fraction of sp³-hybridized carbons (Fsp3) is 0.154. The van der Waals surface area contributed by atoms with Crippen LogP contribution in [0.5, 0.6) is 0 Å². The van der Waals surface area contributed by atoms with E-state index in [4.69, 9.17) is 5.26 Å². The van der Waals surface area contributed by atoms with E-state index in [0.717, 1.165) is 5.56 Å². The Hall–Kier alpha value is -2.61. The highest BCUT2D eigenvalue weighted by molar-refractivity contribution is 5.38. The van der Waals surface area contributed by atoms with Gasteiger partial charge in [-0.15, -0.1) is 0 Å². The van der Waals surface area contributed by atoms with Gasteiger partial charge >= 0.3 is 0 Å². The maximum atomic E-state index is 11.8. The quantitative estimate of drug-likeness (QED) is 0.875. The van der Waals surface area contributed by atoms with Crippen molar-refractivity contribution in [1.82, 2.24) is 9.78 Å². The molecule has 0 amide bonds. The van der Waals surface area contributed by atoms with E-state index in [9.17, 15) is 4.79 Å². The van der Waals surface area contributed by atoms with Crippen molar-refractivity contribution in [3.05, 3.63) is 58.0 Å². The van der Waals surface area contributed by atoms with Crippen LogP contribution in [0.1, 0.15) is 11.1 Å². The van der Waals surface area contributed by atoms with Gasteiger partial charge in [0, 0.05) is 13.1 Å². The van der Waals surface area contributed by atoms with Crippen LogP contribution in [0.3, 0.4) is 0 Å². The molecule has 1 N–H and O–H groups in total. The lowest BCUT2D eigenvalue weighted by Gasteiger charge is -2.06. The Morgan fingerprint density at radius 3 is 2.94 bits per heavy atom. The van der Waals surface area contributed by atoms with Gasteiger partial charge in [-0.25, -0.2) is 4.68 Å². The highest BCUT2D eigenvalue weighted by Crippen LogP contribution is 2.05. The summed E-state index contributed by atoms with van der Waals surface area (Å²) in [5.74, 6) is 0. The van der Waals surface area contributed by atoms with Gasteiger partial charge in [0.2, 0.25) is 0 Å². The minimum atomic E-state index is -0.177. The maximum Gasteiger partial charge on any atom is 0.269 e. The van der Waals surface area contributed by atoms with Gasteiger partial charge in [0.1, 0.15) is 0 Å². The zero-order chi connectivity index (χ0) is 13.0. The molecule has 90 valence electrons. The van der Waals surface area contributed by atoms with Gasteiger partial charge in [0.05, 0.1) is 30.1 Å². The fourth-order valence-corrected chi connectivity index (χ4v) is 1.60. The number of nitriles is 1. The number of aromatic nitrogens is 2. The van der Waals surface area contributed by atoms with Gasteiger partial charge in [-0.05, 0) is 17.7 Å². The van der Waals surface area contributed by atoms with Crippen LogP contribution in [0, 0.1) is 11.3 Å². The van der Waals surface area contributed by atoms with Crippen molar-refractivity contribution in [2.75, 3.05) is 12.4 Å². The molecule has 0 saturated heterocycles. The van der Waals surface area contributed by atoms with Crippen LogP contribution >= 0.6 is 0 Å². The second-order valence-corrected chi connectivity index (χ2v) is 3.80. The Morgan fingerprint density at radius 1 is 1.44 bits per heavy atom. The number of hydrogen-bond acceptors (Lipinski definition) is 4. The second kappa shape index (κ2) is 5.15. The summed E-state index contributed by atoms with van der Waals surface area (Å²) in [4.78, 5) is 11.8. The molecule has 0 aliphatic heterocycles. The third-order valence-electron chi connectivity index (χ3n) is 2.55. The molecular weight excluding hydrogens is 228 g/mol. The van der Waals surface area contributed by atoms with Gasteiger partial charge in [-0.3, -0.25) is 4.79 Å². The summed E-state index contributed by atoms with van der Waals surface area (Å²) in [6.07, 6.45) is 1.59. The van der Waals surface area contributed by atoms with Gasteiger partial charge in [-0.2, -0.15) is 10.4 Å². The molecule has 0 fully saturated rings. The number of hydrogen-bond donors (Lipinski definition) is 1. The van der Waals surface area contributed by atoms with Gasteiger partial charge in [0.15, 0.2) is 0 Å². The summed E-state index contributed by atoms with van der Waals surface area (Å²) in [6.45, 7) is 0.359. The summed E-state index contributed by atoms with van der Waals surface area (Å²) in [5, 5.41) is 15.7. The first-order chi connectivity index (χ1) is 8.72. The van der Waals surface area contributed by atoms with Crippen molar-refractivity contribution in [1.29, 1.82) is 5.26 Å². The molecule has 0 aliphatic rings. The number of nitrogens with one attached hydrogen (secondary N) is 1. The topological polar surface area (TPSA) is 70.7 Å². The van der Waals surface area contributed by atoms with Gasteiger partial charge < -0.3 is 5.32 Å². The average molecular weight is 240 g/mol. The number of benzene rings is 1. The van der Waals surface area contributed by atoms with E-state index in [1.807, 2.05) is 6.07 Å². The smallest absolute Gasteiger partial charge is 0.269 e. The second-order valence-electron chi connectivity index (χ2n) is 3.80. The lowest BCUT2D eigenvalue weighted by Crippen LogP contribution is -2.22. The van der Waals surface area contributed by atoms with Crippen molar-refractivity contribution in [2.45, 2.75) is 6.54 Å². The predicted octanol–water partition coefficient (Wildman–Crippen LogP) is 1.20. The van der Waals surface area contributed by atoms with Crippen molar-refractivity contribution in [3.8, 4) is 6.07 Å². The predicted molar refractivity (Wildman–Crippen MR) is 68.3 cm³/mol. The van der Waals surface area contributed by atoms with Crippen LogP contribution in [-0.4, -0.2) is 16.8 Å². The molecule has 0 spiro atoms. The molecule has 18 heavy (non-hydrogen) atoms. The lowest BCUT2D eigenvalue weighted by molar-refractivity contribution is 0.640. The zero-order valence-corrected chi connectivity index (χ0v) is 9.92. The summed E-state index contributed by atoms with van der Waals surface area (Å²) in [7, 11) is 1.73. The molecule has 0 atom stereocenters. The van der Waals surface area contributed by atoms with Crippen LogP contribution in [0.2, 0.25) is 0 Å². The number of nitrogens with zero attached hydrogens (tertiary/aromatic N) is 3. The van der Waals surface area contributed by atoms with E-state index in [2.05, 4.69) is 16.5 Å². The number of rotatable bonds is 3. The van der Waals surface area contributed by atoms with Crippen LogP contribution in [-0.2, 0) is 6.54 Å². The Kier molecular flexibility index (Phi) is 3.39. The molecule has 1 aromatic heterocycles. The first kappa shape index (κ1) is 11.9. The molecule has 0 saturated carbocycles. The molecule has 0 radical (unpaired) electrons. The van der Waals surface area contributed by atoms with Gasteiger partial charge in [0.25, 0.3) is 5.56 Å². The maximum absolute atomic E-state index is 11.8. The zero-order valence-electron chi connectivity index (χ0n) is 9.92. The minimum absolute atomic E-state index is 0.177. The van der Waals surface area contributed by atoms with E-state index < -0.39 is 0 Å². The monoisotopic (exact) mass is 240 g/mol. The summed E-state index contributed by atoms with van der Waals surface area (Å²) in [6, 6.07) is 10.7. The van der Waals surface area contributed by atoms with Crippen molar-refractivity contribution < 1.29 is 0 Å². The van der Waals surface area contributed by atoms with E-state index in [-0.39, 0.29) is 5.56 Å². The third-order valence-corrected chi connectivity index (χ3v) is 2.55. The molecule has 5 nitrogen and oxygen atoms in total. The molecular formula is C13H12N4O. The van der Waals surface area contributed by atoms with Crippen molar-refractivity contribution in [3.63, 3.8) is 0 Å². The molecule has 2 rings (SSSR count). The first-order valence-corrected chi connectivity index (χ1v) is 5.47. The third kappa shape index (κ3) is 2.55. The van der Waals surface area contributed by atoms with Crippen molar-refractivity contribution in [2.24, 2.45) is 0 Å². The minimum Gasteiger partial charge on any atom is -0.387 e. The SMILES string of the molecule is CNc1cnn(Cc2cccc(C#N)c2)c(=O)c1. The van der Waals surface area contributed by atoms with E-state index in [1.165, 1.54) is 10.7 Å². The fourth-order valence-electron chi connectivity index (χ4n) is 1.60. The Labute approximate surface area is 104 Å². The van der Waals surface area contributed by atoms with Crippen LogP contribution in [0.25, 0.3) is 0 Å². The highest BCUT2D eigenvalue weighted by atomic mass is 16.1. The average Bonchev–Trinajstić information content (AvgIpc) is 2.41. The van der Waals surface area contributed by atoms with E-state index >= 15 is 0 Å². The molecule has 2 aromatic rings. The Balaban J connectivity index is 2.29. The van der Waals surface area contributed by atoms with Crippen molar-refractivity contribution >= 4 is 5.69 Å². The van der Waals surface area contributed by atoms with Crippen LogP contribution in [0.15, 0.2) is 41.3 Å². The van der Waals surface area contributed by atoms with Crippen LogP contribution in [0.4, 0.5) is 5.69 Å². The van der Waals surface area contributed by atoms with E-state index in [1.54, 1.807) is 31.4 Å².